The Kier molecular flexibility index (Phi) is 4.87. The summed E-state index contributed by atoms with van der Waals surface area (Å²) in [4.78, 5) is 16.5. The third kappa shape index (κ3) is 3.77. The van der Waals surface area contributed by atoms with Gasteiger partial charge in [0.1, 0.15) is 12.0 Å². The van der Waals surface area contributed by atoms with Crippen molar-refractivity contribution in [2.24, 2.45) is 5.10 Å². The van der Waals surface area contributed by atoms with Gasteiger partial charge in [0.25, 0.3) is 5.69 Å². The summed E-state index contributed by atoms with van der Waals surface area (Å²) < 4.78 is 0. The van der Waals surface area contributed by atoms with Gasteiger partial charge in [-0.05, 0) is 68.0 Å². The molecule has 1 aliphatic rings. The van der Waals surface area contributed by atoms with Crippen molar-refractivity contribution in [3.8, 4) is 0 Å². The van der Waals surface area contributed by atoms with Crippen molar-refractivity contribution >= 4 is 23.4 Å². The largest absolute Gasteiger partial charge is 0.369 e. The van der Waals surface area contributed by atoms with E-state index in [9.17, 15) is 10.1 Å². The molecule has 0 spiro atoms. The first-order valence-electron chi connectivity index (χ1n) is 8.97. The Hall–Kier alpha value is -2.96. The number of hydrogen-bond donors (Lipinski definition) is 1. The summed E-state index contributed by atoms with van der Waals surface area (Å²) in [5, 5.41) is 14.9. The summed E-state index contributed by atoms with van der Waals surface area (Å²) in [6.45, 7) is 8.89. The van der Waals surface area contributed by atoms with Crippen molar-refractivity contribution in [1.82, 2.24) is 4.98 Å². The summed E-state index contributed by atoms with van der Waals surface area (Å²) in [6, 6.07) is 7.36. The van der Waals surface area contributed by atoms with E-state index in [-0.39, 0.29) is 11.2 Å². The van der Waals surface area contributed by atoms with Gasteiger partial charge in [0.15, 0.2) is 0 Å². The molecule has 1 aromatic heterocycles. The topological polar surface area (TPSA) is 83.7 Å². The van der Waals surface area contributed by atoms with Crippen LogP contribution < -0.4 is 10.3 Å². The maximum Gasteiger partial charge on any atom is 0.287 e. The van der Waals surface area contributed by atoms with Gasteiger partial charge >= 0.3 is 0 Å². The quantitative estimate of drug-likeness (QED) is 0.490. The Morgan fingerprint density at radius 2 is 2.15 bits per heavy atom. The second-order valence-corrected chi connectivity index (χ2v) is 7.77. The van der Waals surface area contributed by atoms with Gasteiger partial charge in [0.05, 0.1) is 11.1 Å². The van der Waals surface area contributed by atoms with Crippen molar-refractivity contribution in [2.45, 2.75) is 45.6 Å². The molecule has 3 rings (SSSR count). The number of nitro groups is 1. The van der Waals surface area contributed by atoms with E-state index in [0.717, 1.165) is 17.5 Å². The van der Waals surface area contributed by atoms with Crippen molar-refractivity contribution in [1.29, 1.82) is 0 Å². The molecule has 0 unspecified atom stereocenters. The molecule has 27 heavy (non-hydrogen) atoms. The predicted molar refractivity (Wildman–Crippen MR) is 109 cm³/mol. The number of hydrazone groups is 1. The van der Waals surface area contributed by atoms with Gasteiger partial charge in [0, 0.05) is 24.3 Å². The molecular weight excluding hydrogens is 342 g/mol. The Morgan fingerprint density at radius 1 is 1.41 bits per heavy atom. The molecule has 0 amide bonds. The molecule has 1 N–H and O–H groups in total. The highest BCUT2D eigenvalue weighted by Gasteiger charge is 2.34. The van der Waals surface area contributed by atoms with Crippen LogP contribution in [0.5, 0.6) is 0 Å². The van der Waals surface area contributed by atoms with Crippen molar-refractivity contribution in [2.75, 3.05) is 17.4 Å². The molecule has 0 aliphatic carbocycles. The summed E-state index contributed by atoms with van der Waals surface area (Å²) in [5.74, 6) is 0.936. The van der Waals surface area contributed by atoms with E-state index in [1.807, 2.05) is 0 Å². The van der Waals surface area contributed by atoms with Crippen LogP contribution >= 0.6 is 0 Å². The Bertz CT molecular complexity index is 890. The number of benzene rings is 1. The standard InChI is InChI=1S/C20H25N5O2/c1-13-8-18-17(14(2)10-20(3,4)24(18)5)9-15(13)11-22-23-19-7-6-16(12-21-19)25(26)27/h6-9,11-12,14H,10H2,1-5H3,(H,21,23)/b22-11-/t14-/m0/s1. The highest BCUT2D eigenvalue weighted by atomic mass is 16.6. The van der Waals surface area contributed by atoms with E-state index in [4.69, 9.17) is 0 Å². The molecule has 7 nitrogen and oxygen atoms in total. The molecular formula is C20H25N5O2. The molecule has 1 atom stereocenters. The first-order valence-corrected chi connectivity index (χ1v) is 8.97. The fourth-order valence-corrected chi connectivity index (χ4v) is 3.60. The van der Waals surface area contributed by atoms with Crippen LogP contribution in [0.4, 0.5) is 17.2 Å². The van der Waals surface area contributed by atoms with Crippen LogP contribution in [-0.2, 0) is 0 Å². The van der Waals surface area contributed by atoms with Gasteiger partial charge in [-0.2, -0.15) is 5.10 Å². The average molecular weight is 367 g/mol. The van der Waals surface area contributed by atoms with E-state index in [1.165, 1.54) is 29.6 Å². The van der Waals surface area contributed by atoms with Crippen molar-refractivity contribution in [3.05, 3.63) is 57.3 Å². The number of rotatable bonds is 4. The lowest BCUT2D eigenvalue weighted by molar-refractivity contribution is -0.385. The number of anilines is 2. The van der Waals surface area contributed by atoms with Gasteiger partial charge in [-0.1, -0.05) is 6.92 Å². The zero-order chi connectivity index (χ0) is 19.8. The summed E-state index contributed by atoms with van der Waals surface area (Å²) >= 11 is 0. The molecule has 142 valence electrons. The maximum absolute atomic E-state index is 10.7. The Balaban J connectivity index is 1.81. The minimum Gasteiger partial charge on any atom is -0.369 e. The predicted octanol–water partition coefficient (Wildman–Crippen LogP) is 4.47. The number of hydrogen-bond acceptors (Lipinski definition) is 6. The minimum absolute atomic E-state index is 0.0453. The van der Waals surface area contributed by atoms with E-state index in [1.54, 1.807) is 6.21 Å². The normalized spacial score (nSPS) is 18.4. The van der Waals surface area contributed by atoms with Gasteiger partial charge in [-0.15, -0.1) is 0 Å². The maximum atomic E-state index is 10.7. The van der Waals surface area contributed by atoms with Crippen molar-refractivity contribution < 1.29 is 4.92 Å². The second-order valence-electron chi connectivity index (χ2n) is 7.77. The van der Waals surface area contributed by atoms with E-state index >= 15 is 0 Å². The summed E-state index contributed by atoms with van der Waals surface area (Å²) in [5.41, 5.74) is 7.71. The fraction of sp³-hybridized carbons (Fsp3) is 0.400. The van der Waals surface area contributed by atoms with E-state index in [2.05, 4.69) is 67.3 Å². The second kappa shape index (κ2) is 6.98. The van der Waals surface area contributed by atoms with E-state index < -0.39 is 4.92 Å². The Morgan fingerprint density at radius 3 is 2.78 bits per heavy atom. The zero-order valence-corrected chi connectivity index (χ0v) is 16.4. The number of nitrogens with one attached hydrogen (secondary N) is 1. The van der Waals surface area contributed by atoms with Crippen LogP contribution in [0.15, 0.2) is 35.6 Å². The molecule has 0 saturated carbocycles. The number of aromatic nitrogens is 1. The monoisotopic (exact) mass is 367 g/mol. The molecule has 1 aromatic carbocycles. The molecule has 0 radical (unpaired) electrons. The lowest BCUT2D eigenvalue weighted by atomic mass is 9.79. The van der Waals surface area contributed by atoms with Gasteiger partial charge in [-0.25, -0.2) is 4.98 Å². The molecule has 7 heteroatoms. The number of nitrogens with zero attached hydrogens (tertiary/aromatic N) is 4. The Labute approximate surface area is 159 Å². The smallest absolute Gasteiger partial charge is 0.287 e. The van der Waals surface area contributed by atoms with Crippen LogP contribution in [0.1, 0.15) is 49.8 Å². The third-order valence-corrected chi connectivity index (χ3v) is 5.36. The van der Waals surface area contributed by atoms with Gasteiger partial charge < -0.3 is 4.90 Å². The molecule has 2 aromatic rings. The van der Waals surface area contributed by atoms with E-state index in [0.29, 0.717) is 11.7 Å². The lowest BCUT2D eigenvalue weighted by Crippen LogP contribution is -2.45. The molecule has 0 bridgehead atoms. The minimum atomic E-state index is -0.476. The van der Waals surface area contributed by atoms with Crippen LogP contribution in [0.25, 0.3) is 0 Å². The van der Waals surface area contributed by atoms with Gasteiger partial charge in [-0.3, -0.25) is 15.5 Å². The molecule has 1 aliphatic heterocycles. The number of fused-ring (bicyclic) bond motifs is 1. The zero-order valence-electron chi connectivity index (χ0n) is 16.4. The van der Waals surface area contributed by atoms with Crippen LogP contribution in [0.2, 0.25) is 0 Å². The fourth-order valence-electron chi connectivity index (χ4n) is 3.60. The molecule has 0 saturated heterocycles. The van der Waals surface area contributed by atoms with Crippen LogP contribution in [-0.4, -0.2) is 28.7 Å². The molecule has 2 heterocycles. The lowest BCUT2D eigenvalue weighted by Gasteiger charge is -2.45. The highest BCUT2D eigenvalue weighted by molar-refractivity contribution is 5.84. The van der Waals surface area contributed by atoms with Crippen LogP contribution in [0, 0.1) is 17.0 Å². The summed E-state index contributed by atoms with van der Waals surface area (Å²) in [6.07, 6.45) is 4.08. The first kappa shape index (κ1) is 18.8. The molecule has 0 fully saturated rings. The van der Waals surface area contributed by atoms with Crippen molar-refractivity contribution in [3.63, 3.8) is 0 Å². The SMILES string of the molecule is Cc1cc2c(cc1/C=N\Nc1ccc([N+](=O)[O-])cn1)[C@@H](C)CC(C)(C)N2C. The third-order valence-electron chi connectivity index (χ3n) is 5.36. The first-order chi connectivity index (χ1) is 12.7. The average Bonchev–Trinajstić information content (AvgIpc) is 2.61. The van der Waals surface area contributed by atoms with Gasteiger partial charge in [0.2, 0.25) is 0 Å². The number of aryl methyl sites for hydroxylation is 1. The highest BCUT2D eigenvalue weighted by Crippen LogP contribution is 2.43. The summed E-state index contributed by atoms with van der Waals surface area (Å²) in [7, 11) is 2.15. The van der Waals surface area contributed by atoms with Crippen LogP contribution in [0.3, 0.4) is 0 Å². The number of pyridine rings is 1.